The second-order valence-corrected chi connectivity index (χ2v) is 8.33. The third-order valence-electron chi connectivity index (χ3n) is 5.84. The predicted octanol–water partition coefficient (Wildman–Crippen LogP) is 3.29. The number of anilines is 4. The van der Waals surface area contributed by atoms with Crippen LogP contribution in [0.3, 0.4) is 0 Å². The summed E-state index contributed by atoms with van der Waals surface area (Å²) in [5, 5.41) is 15.8. The third-order valence-corrected chi connectivity index (χ3v) is 5.84. The van der Waals surface area contributed by atoms with E-state index in [1.165, 1.54) is 12.3 Å². The van der Waals surface area contributed by atoms with Crippen molar-refractivity contribution in [1.29, 1.82) is 0 Å². The highest BCUT2D eigenvalue weighted by atomic mass is 19.1. The molecule has 188 valence electrons. The number of amides is 1. The summed E-state index contributed by atoms with van der Waals surface area (Å²) >= 11 is 0. The number of nitrogens with one attached hydrogen (secondary N) is 2. The lowest BCUT2D eigenvalue weighted by atomic mass is 10.1. The van der Waals surface area contributed by atoms with Crippen molar-refractivity contribution in [3.05, 3.63) is 73.5 Å². The summed E-state index contributed by atoms with van der Waals surface area (Å²) in [4.78, 5) is 31.5. The first-order valence-corrected chi connectivity index (χ1v) is 11.6. The summed E-state index contributed by atoms with van der Waals surface area (Å²) in [6, 6.07) is 9.82. The predicted molar refractivity (Wildman–Crippen MR) is 138 cm³/mol. The maximum absolute atomic E-state index is 15.0. The minimum atomic E-state index is -0.505. The number of aromatic nitrogens is 4. The molecule has 1 amide bonds. The molecule has 37 heavy (non-hydrogen) atoms. The summed E-state index contributed by atoms with van der Waals surface area (Å²) in [7, 11) is 0. The van der Waals surface area contributed by atoms with Gasteiger partial charge in [0.05, 0.1) is 48.0 Å². The van der Waals surface area contributed by atoms with Crippen LogP contribution in [0.4, 0.5) is 27.5 Å². The molecular formula is C26H24FN7O3. The Morgan fingerprint density at radius 3 is 2.86 bits per heavy atom. The van der Waals surface area contributed by atoms with Gasteiger partial charge in [0.1, 0.15) is 11.6 Å². The molecule has 1 atom stereocenters. The van der Waals surface area contributed by atoms with Gasteiger partial charge in [-0.3, -0.25) is 9.78 Å². The van der Waals surface area contributed by atoms with Gasteiger partial charge in [-0.2, -0.15) is 0 Å². The van der Waals surface area contributed by atoms with Gasteiger partial charge in [-0.25, -0.2) is 19.3 Å². The van der Waals surface area contributed by atoms with Crippen molar-refractivity contribution in [2.45, 2.75) is 6.10 Å². The van der Waals surface area contributed by atoms with Crippen LogP contribution in [0.25, 0.3) is 22.2 Å². The van der Waals surface area contributed by atoms with Crippen LogP contribution < -0.4 is 15.5 Å². The second-order valence-electron chi connectivity index (χ2n) is 8.33. The number of morpholine rings is 1. The molecule has 4 aromatic rings. The van der Waals surface area contributed by atoms with Crippen LogP contribution in [0, 0.1) is 5.82 Å². The molecule has 5 rings (SSSR count). The molecule has 1 unspecified atom stereocenters. The number of hydrogen-bond donors (Lipinski definition) is 3. The van der Waals surface area contributed by atoms with Gasteiger partial charge in [-0.1, -0.05) is 6.58 Å². The van der Waals surface area contributed by atoms with Crippen molar-refractivity contribution in [1.82, 2.24) is 19.9 Å². The van der Waals surface area contributed by atoms with Crippen molar-refractivity contribution in [3.8, 4) is 11.3 Å². The Morgan fingerprint density at radius 2 is 2.08 bits per heavy atom. The number of aliphatic hydroxyl groups is 1. The molecular weight excluding hydrogens is 477 g/mol. The monoisotopic (exact) mass is 501 g/mol. The van der Waals surface area contributed by atoms with Gasteiger partial charge in [0, 0.05) is 36.6 Å². The van der Waals surface area contributed by atoms with E-state index in [-0.39, 0.29) is 30.1 Å². The topological polar surface area (TPSA) is 125 Å². The summed E-state index contributed by atoms with van der Waals surface area (Å²) in [6.07, 6.45) is 5.66. The highest BCUT2D eigenvalue weighted by Crippen LogP contribution is 2.31. The fourth-order valence-electron chi connectivity index (χ4n) is 4.03. The number of fused-ring (bicyclic) bond motifs is 1. The van der Waals surface area contributed by atoms with Crippen LogP contribution in [0.15, 0.2) is 67.6 Å². The number of nitrogens with zero attached hydrogens (tertiary/aromatic N) is 5. The van der Waals surface area contributed by atoms with Crippen molar-refractivity contribution in [3.63, 3.8) is 0 Å². The fourth-order valence-corrected chi connectivity index (χ4v) is 4.03. The lowest BCUT2D eigenvalue weighted by Crippen LogP contribution is -2.44. The van der Waals surface area contributed by atoms with Crippen LogP contribution in [-0.4, -0.2) is 63.4 Å². The highest BCUT2D eigenvalue weighted by molar-refractivity contribution is 6.00. The van der Waals surface area contributed by atoms with Crippen molar-refractivity contribution >= 4 is 40.0 Å². The van der Waals surface area contributed by atoms with E-state index in [1.54, 1.807) is 30.6 Å². The van der Waals surface area contributed by atoms with Gasteiger partial charge >= 0.3 is 0 Å². The average molecular weight is 502 g/mol. The van der Waals surface area contributed by atoms with Crippen LogP contribution in [0.5, 0.6) is 0 Å². The summed E-state index contributed by atoms with van der Waals surface area (Å²) in [6.45, 7) is 5.17. The van der Waals surface area contributed by atoms with E-state index in [4.69, 9.17) is 4.74 Å². The first kappa shape index (κ1) is 24.2. The lowest BCUT2D eigenvalue weighted by Gasteiger charge is -2.32. The normalized spacial score (nSPS) is 15.4. The molecule has 1 aliphatic heterocycles. The number of carbonyl (C=O) groups excluding carboxylic acids is 1. The van der Waals surface area contributed by atoms with Crippen molar-refractivity contribution < 1.29 is 19.0 Å². The Kier molecular flexibility index (Phi) is 6.97. The summed E-state index contributed by atoms with van der Waals surface area (Å²) in [5.41, 5.74) is 1.98. The molecule has 1 saturated heterocycles. The van der Waals surface area contributed by atoms with Crippen LogP contribution in [0.1, 0.15) is 0 Å². The van der Waals surface area contributed by atoms with Crippen molar-refractivity contribution in [2.75, 3.05) is 41.8 Å². The molecule has 3 aromatic heterocycles. The number of ether oxygens (including phenoxy) is 1. The van der Waals surface area contributed by atoms with E-state index in [1.807, 2.05) is 17.0 Å². The number of hydrogen-bond acceptors (Lipinski definition) is 9. The molecule has 11 heteroatoms. The minimum Gasteiger partial charge on any atom is -0.394 e. The molecule has 4 heterocycles. The molecule has 0 spiro atoms. The van der Waals surface area contributed by atoms with E-state index in [9.17, 15) is 9.90 Å². The van der Waals surface area contributed by atoms with Gasteiger partial charge < -0.3 is 25.4 Å². The zero-order valence-electron chi connectivity index (χ0n) is 19.8. The Labute approximate surface area is 211 Å². The van der Waals surface area contributed by atoms with Gasteiger partial charge in [0.2, 0.25) is 11.9 Å². The zero-order valence-corrected chi connectivity index (χ0v) is 19.8. The van der Waals surface area contributed by atoms with Crippen molar-refractivity contribution in [2.24, 2.45) is 0 Å². The molecule has 1 aliphatic rings. The Bertz CT molecular complexity index is 1450. The zero-order chi connectivity index (χ0) is 25.8. The van der Waals surface area contributed by atoms with Crippen LogP contribution in [0.2, 0.25) is 0 Å². The standard InChI is InChI=1S/C26H24FN7O3/c1-2-23(36)31-17-7-8-28-21(11-17)24-20(27)5-3-16-12-30-26(33-25(16)24)32-18-4-6-22(29-13-18)34-9-10-37-19(14-34)15-35/h2-8,11-13,19,35H,1,9-10,14-15H2,(H,28,31,36)(H,30,32,33). The van der Waals surface area contributed by atoms with Crippen LogP contribution >= 0.6 is 0 Å². The number of aliphatic hydroxyl groups excluding tert-OH is 1. The lowest BCUT2D eigenvalue weighted by molar-refractivity contribution is -0.111. The largest absolute Gasteiger partial charge is 0.394 e. The van der Waals surface area contributed by atoms with Gasteiger partial charge in [0.25, 0.3) is 0 Å². The van der Waals surface area contributed by atoms with E-state index < -0.39 is 5.82 Å². The van der Waals surface area contributed by atoms with Gasteiger partial charge in [0.15, 0.2) is 0 Å². The van der Waals surface area contributed by atoms with Crippen LogP contribution in [-0.2, 0) is 9.53 Å². The molecule has 0 radical (unpaired) electrons. The average Bonchev–Trinajstić information content (AvgIpc) is 2.93. The Balaban J connectivity index is 1.42. The van der Waals surface area contributed by atoms with E-state index in [0.717, 1.165) is 11.9 Å². The smallest absolute Gasteiger partial charge is 0.247 e. The number of carbonyl (C=O) groups is 1. The molecule has 1 fully saturated rings. The molecule has 10 nitrogen and oxygen atoms in total. The minimum absolute atomic E-state index is 0.0404. The fraction of sp³-hybridized carbons (Fsp3) is 0.192. The maximum atomic E-state index is 15.0. The van der Waals surface area contributed by atoms with Gasteiger partial charge in [-0.15, -0.1) is 0 Å². The SMILES string of the molecule is C=CC(=O)Nc1ccnc(-c2c(F)ccc3cnc(Nc4ccc(N5CCOC(CO)C5)nc4)nc23)c1. The van der Waals surface area contributed by atoms with E-state index in [0.29, 0.717) is 47.7 Å². The Hall–Kier alpha value is -4.48. The van der Waals surface area contributed by atoms with Gasteiger partial charge in [-0.05, 0) is 42.5 Å². The van der Waals surface area contributed by atoms with E-state index in [2.05, 4.69) is 37.1 Å². The molecule has 0 bridgehead atoms. The van der Waals surface area contributed by atoms with E-state index >= 15 is 4.39 Å². The maximum Gasteiger partial charge on any atom is 0.247 e. The number of pyridine rings is 2. The molecule has 0 saturated carbocycles. The number of rotatable bonds is 7. The second kappa shape index (κ2) is 10.6. The summed E-state index contributed by atoms with van der Waals surface area (Å²) in [5.74, 6) is 0.141. The highest BCUT2D eigenvalue weighted by Gasteiger charge is 2.21. The Morgan fingerprint density at radius 1 is 1.19 bits per heavy atom. The first-order valence-electron chi connectivity index (χ1n) is 11.6. The summed E-state index contributed by atoms with van der Waals surface area (Å²) < 4.78 is 20.5. The molecule has 1 aromatic carbocycles. The molecule has 3 N–H and O–H groups in total. The third kappa shape index (κ3) is 5.37. The first-order chi connectivity index (χ1) is 18.0. The number of halogens is 1. The quantitative estimate of drug-likeness (QED) is 0.327. The number of benzene rings is 1. The molecule has 0 aliphatic carbocycles.